The average Bonchev–Trinajstić information content (AvgIpc) is 3.07. The molecule has 1 aromatic heterocycles. The van der Waals surface area contributed by atoms with Crippen LogP contribution in [0.5, 0.6) is 5.75 Å². The van der Waals surface area contributed by atoms with Gasteiger partial charge >= 0.3 is 0 Å². The fourth-order valence-corrected chi connectivity index (χ4v) is 3.82. The van der Waals surface area contributed by atoms with Gasteiger partial charge in [-0.2, -0.15) is 0 Å². The standard InChI is InChI=1S/C16H22N4O3S2/c1-11(24-16-20-19-15(25-16)17-8-9-22-2)14(21)18-10-12-4-6-13(23-3)7-5-12/h4-7,11H,8-10H2,1-3H3,(H,17,19)(H,18,21)/t11-/m1/s1. The lowest BCUT2D eigenvalue weighted by molar-refractivity contribution is -0.120. The molecule has 0 unspecified atom stereocenters. The molecule has 2 N–H and O–H groups in total. The number of ether oxygens (including phenoxy) is 2. The number of hydrogen-bond donors (Lipinski definition) is 2. The molecular formula is C16H22N4O3S2. The predicted molar refractivity (Wildman–Crippen MR) is 100 cm³/mol. The third kappa shape index (κ3) is 6.52. The fourth-order valence-electron chi connectivity index (χ4n) is 1.87. The molecule has 25 heavy (non-hydrogen) atoms. The number of amides is 1. The van der Waals surface area contributed by atoms with E-state index in [4.69, 9.17) is 9.47 Å². The van der Waals surface area contributed by atoms with Crippen molar-refractivity contribution in [3.8, 4) is 5.75 Å². The van der Waals surface area contributed by atoms with Gasteiger partial charge in [-0.25, -0.2) is 0 Å². The minimum Gasteiger partial charge on any atom is -0.497 e. The molecule has 9 heteroatoms. The van der Waals surface area contributed by atoms with E-state index in [1.807, 2.05) is 31.2 Å². The Hall–Kier alpha value is -1.84. The molecule has 1 heterocycles. The lowest BCUT2D eigenvalue weighted by Crippen LogP contribution is -2.30. The van der Waals surface area contributed by atoms with Crippen LogP contribution in [-0.2, 0) is 16.1 Å². The maximum Gasteiger partial charge on any atom is 0.233 e. The third-order valence-corrected chi connectivity index (χ3v) is 5.33. The van der Waals surface area contributed by atoms with E-state index in [9.17, 15) is 4.79 Å². The molecule has 0 saturated heterocycles. The van der Waals surface area contributed by atoms with Crippen LogP contribution in [0.2, 0.25) is 0 Å². The van der Waals surface area contributed by atoms with Crippen LogP contribution in [0.15, 0.2) is 28.6 Å². The molecule has 1 amide bonds. The topological polar surface area (TPSA) is 85.4 Å². The number of carbonyl (C=O) groups excluding carboxylic acids is 1. The Balaban J connectivity index is 1.77. The van der Waals surface area contributed by atoms with Crippen molar-refractivity contribution in [3.05, 3.63) is 29.8 Å². The van der Waals surface area contributed by atoms with Gasteiger partial charge in [0.2, 0.25) is 11.0 Å². The minimum absolute atomic E-state index is 0.0371. The van der Waals surface area contributed by atoms with Gasteiger partial charge in [-0.15, -0.1) is 10.2 Å². The normalized spacial score (nSPS) is 11.8. The van der Waals surface area contributed by atoms with Gasteiger partial charge in [0, 0.05) is 20.2 Å². The molecule has 136 valence electrons. The summed E-state index contributed by atoms with van der Waals surface area (Å²) < 4.78 is 10.8. The van der Waals surface area contributed by atoms with E-state index >= 15 is 0 Å². The van der Waals surface area contributed by atoms with Gasteiger partial charge in [0.1, 0.15) is 5.75 Å². The first kappa shape index (κ1) is 19.5. The van der Waals surface area contributed by atoms with Crippen molar-refractivity contribution in [2.24, 2.45) is 0 Å². The molecule has 2 aromatic rings. The number of anilines is 1. The molecular weight excluding hydrogens is 360 g/mol. The maximum absolute atomic E-state index is 12.2. The number of hydrogen-bond acceptors (Lipinski definition) is 8. The van der Waals surface area contributed by atoms with Gasteiger partial charge < -0.3 is 20.1 Å². The van der Waals surface area contributed by atoms with Crippen molar-refractivity contribution < 1.29 is 14.3 Å². The summed E-state index contributed by atoms with van der Waals surface area (Å²) >= 11 is 2.82. The van der Waals surface area contributed by atoms with Crippen LogP contribution in [0.1, 0.15) is 12.5 Å². The zero-order valence-electron chi connectivity index (χ0n) is 14.4. The largest absolute Gasteiger partial charge is 0.497 e. The minimum atomic E-state index is -0.252. The van der Waals surface area contributed by atoms with Gasteiger partial charge in [0.25, 0.3) is 0 Å². The first-order chi connectivity index (χ1) is 12.1. The van der Waals surface area contributed by atoms with Gasteiger partial charge in [0.05, 0.1) is 19.0 Å². The van der Waals surface area contributed by atoms with Gasteiger partial charge in [-0.3, -0.25) is 4.79 Å². The summed E-state index contributed by atoms with van der Waals surface area (Å²) in [7, 11) is 3.27. The quantitative estimate of drug-likeness (QED) is 0.482. The number of rotatable bonds is 10. The van der Waals surface area contributed by atoms with E-state index in [0.717, 1.165) is 20.8 Å². The van der Waals surface area contributed by atoms with Crippen LogP contribution < -0.4 is 15.4 Å². The highest BCUT2D eigenvalue weighted by Crippen LogP contribution is 2.28. The summed E-state index contributed by atoms with van der Waals surface area (Å²) in [5.74, 6) is 0.759. The van der Waals surface area contributed by atoms with Crippen LogP contribution >= 0.6 is 23.1 Å². The number of nitrogens with one attached hydrogen (secondary N) is 2. The van der Waals surface area contributed by atoms with Crippen LogP contribution in [-0.4, -0.2) is 48.7 Å². The Bertz CT molecular complexity index is 664. The second-order valence-corrected chi connectivity index (χ2v) is 7.68. The van der Waals surface area contributed by atoms with E-state index in [-0.39, 0.29) is 11.2 Å². The first-order valence-electron chi connectivity index (χ1n) is 7.76. The molecule has 0 aliphatic heterocycles. The second kappa shape index (κ2) is 10.2. The van der Waals surface area contributed by atoms with Crippen LogP contribution in [0.3, 0.4) is 0 Å². The van der Waals surface area contributed by atoms with Gasteiger partial charge in [-0.1, -0.05) is 35.2 Å². The van der Waals surface area contributed by atoms with Crippen molar-refractivity contribution in [2.75, 3.05) is 32.7 Å². The average molecular weight is 383 g/mol. The highest BCUT2D eigenvalue weighted by molar-refractivity contribution is 8.02. The highest BCUT2D eigenvalue weighted by atomic mass is 32.2. The lowest BCUT2D eigenvalue weighted by Gasteiger charge is -2.10. The van der Waals surface area contributed by atoms with Gasteiger partial charge in [0.15, 0.2) is 4.34 Å². The second-order valence-electron chi connectivity index (χ2n) is 5.12. The molecule has 0 bridgehead atoms. The molecule has 1 aromatic carbocycles. The smallest absolute Gasteiger partial charge is 0.233 e. The Morgan fingerprint density at radius 3 is 2.72 bits per heavy atom. The first-order valence-corrected chi connectivity index (χ1v) is 9.45. The summed E-state index contributed by atoms with van der Waals surface area (Å²) in [6, 6.07) is 7.61. The van der Waals surface area contributed by atoms with E-state index in [0.29, 0.717) is 19.7 Å². The molecule has 0 fully saturated rings. The van der Waals surface area contributed by atoms with E-state index in [2.05, 4.69) is 20.8 Å². The Morgan fingerprint density at radius 2 is 2.04 bits per heavy atom. The van der Waals surface area contributed by atoms with E-state index < -0.39 is 0 Å². The Kier molecular flexibility index (Phi) is 7.96. The Labute approximate surface area is 155 Å². The molecule has 0 saturated carbocycles. The van der Waals surface area contributed by atoms with Crippen molar-refractivity contribution >= 4 is 34.1 Å². The van der Waals surface area contributed by atoms with Crippen molar-refractivity contribution in [2.45, 2.75) is 23.1 Å². The van der Waals surface area contributed by atoms with Crippen LogP contribution in [0.4, 0.5) is 5.13 Å². The van der Waals surface area contributed by atoms with E-state index in [1.165, 1.54) is 23.1 Å². The molecule has 0 aliphatic carbocycles. The number of benzene rings is 1. The predicted octanol–water partition coefficient (Wildman–Crippen LogP) is 2.40. The number of methoxy groups -OCH3 is 2. The number of thioether (sulfide) groups is 1. The lowest BCUT2D eigenvalue weighted by atomic mass is 10.2. The summed E-state index contributed by atoms with van der Waals surface area (Å²) in [5.41, 5.74) is 1.02. The molecule has 2 rings (SSSR count). The zero-order valence-corrected chi connectivity index (χ0v) is 16.1. The summed E-state index contributed by atoms with van der Waals surface area (Å²) in [4.78, 5) is 12.2. The molecule has 7 nitrogen and oxygen atoms in total. The molecule has 0 aliphatic rings. The number of nitrogens with zero attached hydrogens (tertiary/aromatic N) is 2. The molecule has 0 radical (unpaired) electrons. The summed E-state index contributed by atoms with van der Waals surface area (Å²) in [6.45, 7) is 3.61. The van der Waals surface area contributed by atoms with Crippen molar-refractivity contribution in [1.82, 2.24) is 15.5 Å². The Morgan fingerprint density at radius 1 is 1.28 bits per heavy atom. The summed E-state index contributed by atoms with van der Waals surface area (Å²) in [6.07, 6.45) is 0. The number of aromatic nitrogens is 2. The monoisotopic (exact) mass is 382 g/mol. The van der Waals surface area contributed by atoms with E-state index in [1.54, 1.807) is 14.2 Å². The van der Waals surface area contributed by atoms with Gasteiger partial charge in [-0.05, 0) is 24.6 Å². The molecule has 0 spiro atoms. The fraction of sp³-hybridized carbons (Fsp3) is 0.438. The maximum atomic E-state index is 12.2. The SMILES string of the molecule is COCCNc1nnc(S[C@H](C)C(=O)NCc2ccc(OC)cc2)s1. The number of carbonyl (C=O) groups is 1. The van der Waals surface area contributed by atoms with Crippen LogP contribution in [0, 0.1) is 0 Å². The highest BCUT2D eigenvalue weighted by Gasteiger charge is 2.17. The third-order valence-electron chi connectivity index (χ3n) is 3.26. The zero-order chi connectivity index (χ0) is 18.1. The van der Waals surface area contributed by atoms with Crippen LogP contribution in [0.25, 0.3) is 0 Å². The molecule has 1 atom stereocenters. The van der Waals surface area contributed by atoms with Crippen molar-refractivity contribution in [3.63, 3.8) is 0 Å². The summed E-state index contributed by atoms with van der Waals surface area (Å²) in [5, 5.41) is 14.7. The van der Waals surface area contributed by atoms with Crippen molar-refractivity contribution in [1.29, 1.82) is 0 Å².